The van der Waals surface area contributed by atoms with Crippen molar-refractivity contribution in [1.82, 2.24) is 9.78 Å². The Hall–Kier alpha value is -3.08. The van der Waals surface area contributed by atoms with E-state index in [4.69, 9.17) is 10.9 Å². The molecule has 0 radical (unpaired) electrons. The van der Waals surface area contributed by atoms with Gasteiger partial charge in [0.25, 0.3) is 0 Å². The van der Waals surface area contributed by atoms with E-state index in [0.717, 1.165) is 23.2 Å². The van der Waals surface area contributed by atoms with Crippen molar-refractivity contribution in [3.8, 4) is 11.1 Å². The minimum atomic E-state index is 0.108. The SMILES string of the molecule is N/C(=N\O)c1ccccc1-c1ccc(Cn2cccn2)cc1. The number of amidine groups is 1. The van der Waals surface area contributed by atoms with Crippen molar-refractivity contribution in [2.24, 2.45) is 10.9 Å². The molecule has 5 nitrogen and oxygen atoms in total. The van der Waals surface area contributed by atoms with Crippen LogP contribution < -0.4 is 5.73 Å². The molecule has 2 aromatic carbocycles. The first kappa shape index (κ1) is 13.9. The van der Waals surface area contributed by atoms with E-state index in [0.29, 0.717) is 5.56 Å². The molecule has 0 saturated heterocycles. The van der Waals surface area contributed by atoms with Gasteiger partial charge in [0.1, 0.15) is 0 Å². The quantitative estimate of drug-likeness (QED) is 0.336. The van der Waals surface area contributed by atoms with E-state index in [9.17, 15) is 0 Å². The van der Waals surface area contributed by atoms with Crippen molar-refractivity contribution in [2.75, 3.05) is 0 Å². The fourth-order valence-electron chi connectivity index (χ4n) is 2.38. The second-order valence-corrected chi connectivity index (χ2v) is 4.93. The summed E-state index contributed by atoms with van der Waals surface area (Å²) in [6, 6.07) is 17.7. The summed E-state index contributed by atoms with van der Waals surface area (Å²) >= 11 is 0. The highest BCUT2D eigenvalue weighted by molar-refractivity contribution is 6.03. The number of benzene rings is 2. The molecule has 1 heterocycles. The zero-order valence-electron chi connectivity index (χ0n) is 11.9. The molecule has 3 N–H and O–H groups in total. The molecule has 0 bridgehead atoms. The number of rotatable bonds is 4. The maximum atomic E-state index is 8.90. The van der Waals surface area contributed by atoms with Crippen LogP contribution in [0.1, 0.15) is 11.1 Å². The zero-order valence-corrected chi connectivity index (χ0v) is 11.9. The third kappa shape index (κ3) is 2.83. The molecule has 1 aromatic heterocycles. The largest absolute Gasteiger partial charge is 0.409 e. The minimum absolute atomic E-state index is 0.108. The topological polar surface area (TPSA) is 76.4 Å². The van der Waals surface area contributed by atoms with E-state index < -0.39 is 0 Å². The van der Waals surface area contributed by atoms with Crippen molar-refractivity contribution in [2.45, 2.75) is 6.54 Å². The Morgan fingerprint density at radius 2 is 1.86 bits per heavy atom. The van der Waals surface area contributed by atoms with E-state index in [2.05, 4.69) is 22.4 Å². The Kier molecular flexibility index (Phi) is 3.87. The molecule has 0 spiro atoms. The summed E-state index contributed by atoms with van der Waals surface area (Å²) in [6.45, 7) is 0.731. The summed E-state index contributed by atoms with van der Waals surface area (Å²) in [6.07, 6.45) is 3.70. The van der Waals surface area contributed by atoms with Crippen LogP contribution in [-0.2, 0) is 6.54 Å². The minimum Gasteiger partial charge on any atom is -0.409 e. The van der Waals surface area contributed by atoms with Crippen LogP contribution in [0.25, 0.3) is 11.1 Å². The predicted molar refractivity (Wildman–Crippen MR) is 85.7 cm³/mol. The average molecular weight is 292 g/mol. The van der Waals surface area contributed by atoms with Gasteiger partial charge in [0.15, 0.2) is 5.84 Å². The Bertz CT molecular complexity index is 777. The lowest BCUT2D eigenvalue weighted by Gasteiger charge is -2.09. The van der Waals surface area contributed by atoms with E-state index in [-0.39, 0.29) is 5.84 Å². The van der Waals surface area contributed by atoms with Gasteiger partial charge in [-0.25, -0.2) is 0 Å². The van der Waals surface area contributed by atoms with Gasteiger partial charge in [-0.15, -0.1) is 0 Å². The Labute approximate surface area is 128 Å². The van der Waals surface area contributed by atoms with Gasteiger partial charge in [-0.1, -0.05) is 53.7 Å². The maximum Gasteiger partial charge on any atom is 0.170 e. The van der Waals surface area contributed by atoms with Gasteiger partial charge < -0.3 is 10.9 Å². The molecular weight excluding hydrogens is 276 g/mol. The number of oxime groups is 1. The molecule has 22 heavy (non-hydrogen) atoms. The number of hydrogen-bond acceptors (Lipinski definition) is 3. The number of nitrogens with two attached hydrogens (primary N) is 1. The van der Waals surface area contributed by atoms with Crippen LogP contribution in [0.15, 0.2) is 72.1 Å². The molecule has 0 saturated carbocycles. The van der Waals surface area contributed by atoms with Crippen molar-refractivity contribution >= 4 is 5.84 Å². The van der Waals surface area contributed by atoms with E-state index in [1.807, 2.05) is 53.3 Å². The van der Waals surface area contributed by atoms with Crippen molar-refractivity contribution in [3.63, 3.8) is 0 Å². The lowest BCUT2D eigenvalue weighted by molar-refractivity contribution is 0.318. The molecule has 0 unspecified atom stereocenters. The smallest absolute Gasteiger partial charge is 0.170 e. The fraction of sp³-hybridized carbons (Fsp3) is 0.0588. The van der Waals surface area contributed by atoms with Gasteiger partial charge in [-0.3, -0.25) is 4.68 Å². The summed E-state index contributed by atoms with van der Waals surface area (Å²) in [7, 11) is 0. The molecule has 0 aliphatic rings. The highest BCUT2D eigenvalue weighted by Crippen LogP contribution is 2.24. The first-order valence-electron chi connectivity index (χ1n) is 6.91. The van der Waals surface area contributed by atoms with Crippen LogP contribution in [0, 0.1) is 0 Å². The van der Waals surface area contributed by atoms with Gasteiger partial charge >= 0.3 is 0 Å². The Morgan fingerprint density at radius 3 is 2.55 bits per heavy atom. The van der Waals surface area contributed by atoms with Gasteiger partial charge in [0, 0.05) is 18.0 Å². The zero-order chi connectivity index (χ0) is 15.4. The van der Waals surface area contributed by atoms with Crippen LogP contribution in [0.4, 0.5) is 0 Å². The van der Waals surface area contributed by atoms with Crippen LogP contribution >= 0.6 is 0 Å². The summed E-state index contributed by atoms with van der Waals surface area (Å²) in [5.41, 5.74) is 9.57. The average Bonchev–Trinajstić information content (AvgIpc) is 3.08. The van der Waals surface area contributed by atoms with Crippen molar-refractivity contribution < 1.29 is 5.21 Å². The fourth-order valence-corrected chi connectivity index (χ4v) is 2.38. The van der Waals surface area contributed by atoms with Crippen LogP contribution in [0.5, 0.6) is 0 Å². The molecule has 0 aliphatic carbocycles. The predicted octanol–water partition coefficient (Wildman–Crippen LogP) is 2.69. The van der Waals surface area contributed by atoms with Gasteiger partial charge in [-0.05, 0) is 22.8 Å². The highest BCUT2D eigenvalue weighted by atomic mass is 16.4. The molecule has 3 rings (SSSR count). The summed E-state index contributed by atoms with van der Waals surface area (Å²) < 4.78 is 1.87. The third-order valence-electron chi connectivity index (χ3n) is 3.48. The second kappa shape index (κ2) is 6.13. The van der Waals surface area contributed by atoms with Gasteiger partial charge in [-0.2, -0.15) is 5.10 Å². The molecular formula is C17H16N4O. The van der Waals surface area contributed by atoms with E-state index >= 15 is 0 Å². The van der Waals surface area contributed by atoms with Crippen LogP contribution in [-0.4, -0.2) is 20.8 Å². The molecule has 0 aliphatic heterocycles. The number of hydrogen-bond donors (Lipinski definition) is 2. The molecule has 0 amide bonds. The van der Waals surface area contributed by atoms with Crippen molar-refractivity contribution in [1.29, 1.82) is 0 Å². The first-order valence-corrected chi connectivity index (χ1v) is 6.91. The van der Waals surface area contributed by atoms with Crippen LogP contribution in [0.2, 0.25) is 0 Å². The summed E-state index contributed by atoms with van der Waals surface area (Å²) in [4.78, 5) is 0. The lowest BCUT2D eigenvalue weighted by atomic mass is 9.98. The number of nitrogens with zero attached hydrogens (tertiary/aromatic N) is 3. The van der Waals surface area contributed by atoms with E-state index in [1.54, 1.807) is 6.20 Å². The van der Waals surface area contributed by atoms with Gasteiger partial charge in [0.05, 0.1) is 6.54 Å². The Morgan fingerprint density at radius 1 is 1.09 bits per heavy atom. The summed E-state index contributed by atoms with van der Waals surface area (Å²) in [5, 5.41) is 16.2. The Balaban J connectivity index is 1.90. The summed E-state index contributed by atoms with van der Waals surface area (Å²) in [5.74, 6) is 0.108. The first-order chi connectivity index (χ1) is 10.8. The van der Waals surface area contributed by atoms with Gasteiger partial charge in [0.2, 0.25) is 0 Å². The van der Waals surface area contributed by atoms with E-state index in [1.165, 1.54) is 0 Å². The van der Waals surface area contributed by atoms with Crippen molar-refractivity contribution in [3.05, 3.63) is 78.1 Å². The molecule has 3 aromatic rings. The second-order valence-electron chi connectivity index (χ2n) is 4.93. The normalized spacial score (nSPS) is 11.5. The maximum absolute atomic E-state index is 8.90. The number of aromatic nitrogens is 2. The highest BCUT2D eigenvalue weighted by Gasteiger charge is 2.08. The molecule has 5 heteroatoms. The standard InChI is InChI=1S/C17H16N4O/c18-17(20-22)16-5-2-1-4-15(16)14-8-6-13(7-9-14)12-21-11-3-10-19-21/h1-11,22H,12H2,(H2,18,20). The molecule has 0 atom stereocenters. The third-order valence-corrected chi connectivity index (χ3v) is 3.48. The lowest BCUT2D eigenvalue weighted by Crippen LogP contribution is -2.14. The molecule has 0 fully saturated rings. The molecule has 110 valence electrons. The monoisotopic (exact) mass is 292 g/mol. The van der Waals surface area contributed by atoms with Crippen LogP contribution in [0.3, 0.4) is 0 Å².